The number of fused-ring (bicyclic) bond motifs is 4. The van der Waals surface area contributed by atoms with Crippen LogP contribution in [0.4, 0.5) is 5.69 Å². The number of carbonyl (C=O) groups is 1. The first-order valence-electron chi connectivity index (χ1n) is 10.00. The molecule has 2 bridgehead atoms. The van der Waals surface area contributed by atoms with E-state index in [9.17, 15) is 18.0 Å². The molecule has 1 saturated heterocycles. The van der Waals surface area contributed by atoms with Gasteiger partial charge in [-0.1, -0.05) is 0 Å². The summed E-state index contributed by atoms with van der Waals surface area (Å²) < 4.78 is 34.7. The molecule has 0 aliphatic carbocycles. The van der Waals surface area contributed by atoms with Crippen molar-refractivity contribution < 1.29 is 17.9 Å². The van der Waals surface area contributed by atoms with Crippen LogP contribution in [-0.2, 0) is 21.4 Å². The highest BCUT2D eigenvalue weighted by molar-refractivity contribution is 7.99. The number of amides is 1. The number of hydrogen-bond acceptors (Lipinski definition) is 6. The summed E-state index contributed by atoms with van der Waals surface area (Å²) in [5.41, 5.74) is 0.859. The Labute approximate surface area is 185 Å². The molecule has 4 rings (SSSR count). The standard InChI is InChI=1S/C21H25N3O5S2/c1-29-16-3-5-17(6-4-16)31(27,28)23-10-14-9-15(12-23)19-8-7-18(21(26)24(19)11-14)22-20(25)13-30-2/h3-8,14-15H,9-13H2,1-2H3,(H,22,25)/t14-,15+/m0/s1. The van der Waals surface area contributed by atoms with Crippen molar-refractivity contribution in [2.75, 3.05) is 37.5 Å². The lowest BCUT2D eigenvalue weighted by Crippen LogP contribution is -2.49. The maximum absolute atomic E-state index is 13.2. The molecular weight excluding hydrogens is 438 g/mol. The van der Waals surface area contributed by atoms with Crippen LogP contribution < -0.4 is 15.6 Å². The summed E-state index contributed by atoms with van der Waals surface area (Å²) in [5, 5.41) is 2.68. The molecule has 1 N–H and O–H groups in total. The van der Waals surface area contributed by atoms with Gasteiger partial charge in [0.1, 0.15) is 11.4 Å². The summed E-state index contributed by atoms with van der Waals surface area (Å²) in [5.74, 6) is 0.643. The summed E-state index contributed by atoms with van der Waals surface area (Å²) in [6, 6.07) is 9.85. The van der Waals surface area contributed by atoms with Gasteiger partial charge < -0.3 is 14.6 Å². The van der Waals surface area contributed by atoms with Crippen LogP contribution in [0.15, 0.2) is 46.1 Å². The quantitative estimate of drug-likeness (QED) is 0.703. The van der Waals surface area contributed by atoms with E-state index in [-0.39, 0.29) is 39.6 Å². The topological polar surface area (TPSA) is 97.7 Å². The number of ether oxygens (including phenoxy) is 1. The van der Waals surface area contributed by atoms with Crippen LogP contribution in [0, 0.1) is 5.92 Å². The van der Waals surface area contributed by atoms with Crippen LogP contribution in [0.5, 0.6) is 5.75 Å². The first-order chi connectivity index (χ1) is 14.8. The molecular formula is C21H25N3O5S2. The number of nitrogens with zero attached hydrogens (tertiary/aromatic N) is 2. The number of carbonyl (C=O) groups excluding carboxylic acids is 1. The Hall–Kier alpha value is -2.30. The van der Waals surface area contributed by atoms with Crippen molar-refractivity contribution in [1.82, 2.24) is 8.87 Å². The minimum atomic E-state index is -3.64. The van der Waals surface area contributed by atoms with Crippen LogP contribution in [0.3, 0.4) is 0 Å². The Balaban J connectivity index is 1.59. The Kier molecular flexibility index (Phi) is 6.14. The number of methoxy groups -OCH3 is 1. The van der Waals surface area contributed by atoms with Crippen LogP contribution >= 0.6 is 11.8 Å². The third-order valence-electron chi connectivity index (χ3n) is 5.82. The number of thioether (sulfide) groups is 1. The fraction of sp³-hybridized carbons (Fsp3) is 0.429. The van der Waals surface area contributed by atoms with Crippen molar-refractivity contribution in [3.05, 3.63) is 52.4 Å². The maximum atomic E-state index is 13.2. The van der Waals surface area contributed by atoms with Gasteiger partial charge in [0, 0.05) is 31.2 Å². The van der Waals surface area contributed by atoms with E-state index in [0.717, 1.165) is 12.1 Å². The zero-order valence-electron chi connectivity index (χ0n) is 17.4. The zero-order valence-corrected chi connectivity index (χ0v) is 19.0. The number of aromatic nitrogens is 1. The lowest BCUT2D eigenvalue weighted by Gasteiger charge is -2.42. The van der Waals surface area contributed by atoms with E-state index < -0.39 is 10.0 Å². The van der Waals surface area contributed by atoms with Gasteiger partial charge in [-0.05, 0) is 55.0 Å². The van der Waals surface area contributed by atoms with E-state index in [2.05, 4.69) is 5.32 Å². The molecule has 0 saturated carbocycles. The third kappa shape index (κ3) is 4.24. The molecule has 2 aromatic rings. The van der Waals surface area contributed by atoms with E-state index in [0.29, 0.717) is 25.4 Å². The Morgan fingerprint density at radius 2 is 1.90 bits per heavy atom. The monoisotopic (exact) mass is 463 g/mol. The second kappa shape index (κ2) is 8.68. The number of pyridine rings is 1. The van der Waals surface area contributed by atoms with Crippen molar-refractivity contribution in [2.45, 2.75) is 23.8 Å². The SMILES string of the molecule is COc1ccc(S(=O)(=O)N2C[C@@H]3C[C@H](C2)c2ccc(NC(=O)CSC)c(=O)n2C3)cc1. The second-order valence-corrected chi connectivity index (χ2v) is 10.7. The van der Waals surface area contributed by atoms with Crippen molar-refractivity contribution in [1.29, 1.82) is 0 Å². The minimum absolute atomic E-state index is 0.0362. The van der Waals surface area contributed by atoms with Crippen LogP contribution in [0.1, 0.15) is 18.0 Å². The fourth-order valence-corrected chi connectivity index (χ4v) is 6.30. The summed E-state index contributed by atoms with van der Waals surface area (Å²) in [6.07, 6.45) is 2.67. The van der Waals surface area contributed by atoms with Crippen LogP contribution in [0.2, 0.25) is 0 Å². The van der Waals surface area contributed by atoms with Gasteiger partial charge in [-0.3, -0.25) is 9.59 Å². The summed E-state index contributed by atoms with van der Waals surface area (Å²) in [4.78, 5) is 25.1. The van der Waals surface area contributed by atoms with E-state index in [4.69, 9.17) is 4.74 Å². The van der Waals surface area contributed by atoms with Gasteiger partial charge in [-0.25, -0.2) is 8.42 Å². The smallest absolute Gasteiger partial charge is 0.274 e. The molecule has 8 nitrogen and oxygen atoms in total. The lowest BCUT2D eigenvalue weighted by atomic mass is 9.84. The highest BCUT2D eigenvalue weighted by Gasteiger charge is 2.39. The summed E-state index contributed by atoms with van der Waals surface area (Å²) >= 11 is 1.39. The number of piperidine rings is 1. The lowest BCUT2D eigenvalue weighted by molar-refractivity contribution is -0.113. The van der Waals surface area contributed by atoms with Gasteiger partial charge in [0.2, 0.25) is 15.9 Å². The molecule has 166 valence electrons. The van der Waals surface area contributed by atoms with Gasteiger partial charge in [0.25, 0.3) is 5.56 Å². The van der Waals surface area contributed by atoms with Gasteiger partial charge in [0.15, 0.2) is 0 Å². The number of benzene rings is 1. The summed E-state index contributed by atoms with van der Waals surface area (Å²) in [6.45, 7) is 1.12. The molecule has 1 aromatic heterocycles. The molecule has 3 heterocycles. The molecule has 10 heteroatoms. The molecule has 2 aliphatic heterocycles. The van der Waals surface area contributed by atoms with E-state index in [1.165, 1.54) is 23.2 Å². The van der Waals surface area contributed by atoms with Crippen molar-refractivity contribution >= 4 is 33.4 Å². The molecule has 1 fully saturated rings. The number of sulfonamides is 1. The molecule has 2 atom stereocenters. The second-order valence-electron chi connectivity index (χ2n) is 7.87. The van der Waals surface area contributed by atoms with Crippen molar-refractivity contribution in [3.63, 3.8) is 0 Å². The number of nitrogens with one attached hydrogen (secondary N) is 1. The van der Waals surface area contributed by atoms with E-state index >= 15 is 0 Å². The van der Waals surface area contributed by atoms with Crippen molar-refractivity contribution in [3.8, 4) is 5.75 Å². The van der Waals surface area contributed by atoms with Gasteiger partial charge in [0.05, 0.1) is 17.8 Å². The molecule has 1 amide bonds. The molecule has 0 radical (unpaired) electrons. The molecule has 2 aliphatic rings. The van der Waals surface area contributed by atoms with Gasteiger partial charge in [-0.2, -0.15) is 16.1 Å². The van der Waals surface area contributed by atoms with Crippen molar-refractivity contribution in [2.24, 2.45) is 5.92 Å². The average molecular weight is 464 g/mol. The fourth-order valence-electron chi connectivity index (χ4n) is 4.41. The Morgan fingerprint density at radius 1 is 1.16 bits per heavy atom. The number of hydrogen-bond donors (Lipinski definition) is 1. The number of anilines is 1. The first kappa shape index (κ1) is 21.9. The largest absolute Gasteiger partial charge is 0.497 e. The Morgan fingerprint density at radius 3 is 2.58 bits per heavy atom. The Bertz CT molecular complexity index is 1140. The molecule has 0 spiro atoms. The predicted molar refractivity (Wildman–Crippen MR) is 120 cm³/mol. The molecule has 1 aromatic carbocycles. The van der Waals surface area contributed by atoms with E-state index in [1.54, 1.807) is 34.9 Å². The van der Waals surface area contributed by atoms with Gasteiger partial charge >= 0.3 is 0 Å². The van der Waals surface area contributed by atoms with Crippen LogP contribution in [0.25, 0.3) is 0 Å². The average Bonchev–Trinajstić information content (AvgIpc) is 2.76. The summed E-state index contributed by atoms with van der Waals surface area (Å²) in [7, 11) is -2.10. The first-order valence-corrected chi connectivity index (χ1v) is 12.8. The van der Waals surface area contributed by atoms with E-state index in [1.807, 2.05) is 12.3 Å². The maximum Gasteiger partial charge on any atom is 0.274 e. The highest BCUT2D eigenvalue weighted by atomic mass is 32.2. The molecule has 31 heavy (non-hydrogen) atoms. The third-order valence-corrected chi connectivity index (χ3v) is 8.21. The van der Waals surface area contributed by atoms with Crippen LogP contribution in [-0.4, -0.2) is 55.4 Å². The minimum Gasteiger partial charge on any atom is -0.497 e. The number of rotatable bonds is 6. The zero-order chi connectivity index (χ0) is 22.2. The normalized spacial score (nSPS) is 20.7. The molecule has 0 unspecified atom stereocenters. The highest BCUT2D eigenvalue weighted by Crippen LogP contribution is 2.37. The van der Waals surface area contributed by atoms with Gasteiger partial charge in [-0.15, -0.1) is 0 Å². The predicted octanol–water partition coefficient (Wildman–Crippen LogP) is 1.97.